The number of aromatic nitrogens is 2. The highest BCUT2D eigenvalue weighted by atomic mass is 35.5. The summed E-state index contributed by atoms with van der Waals surface area (Å²) in [5, 5.41) is 14.6. The van der Waals surface area contributed by atoms with Gasteiger partial charge < -0.3 is 14.4 Å². The number of nitrogens with zero attached hydrogens (tertiary/aromatic N) is 2. The lowest BCUT2D eigenvalue weighted by molar-refractivity contribution is 0.371. The highest BCUT2D eigenvalue weighted by Crippen LogP contribution is 2.36. The van der Waals surface area contributed by atoms with E-state index in [-0.39, 0.29) is 11.6 Å². The van der Waals surface area contributed by atoms with E-state index in [9.17, 15) is 5.11 Å². The Morgan fingerprint density at radius 2 is 2.00 bits per heavy atom. The normalized spacial score (nSPS) is 10.6. The summed E-state index contributed by atoms with van der Waals surface area (Å²) in [4.78, 5) is 4.28. The fourth-order valence-corrected chi connectivity index (χ4v) is 2.13. The number of phenolic OH excluding ortho intramolecular Hbond substituents is 1. The van der Waals surface area contributed by atoms with Crippen LogP contribution in [0.15, 0.2) is 47.0 Å². The Morgan fingerprint density at radius 1 is 1.19 bits per heavy atom. The van der Waals surface area contributed by atoms with Crippen LogP contribution < -0.4 is 4.74 Å². The number of phenols is 1. The predicted molar refractivity (Wildman–Crippen MR) is 78.4 cm³/mol. The SMILES string of the molecule is COc1cccc(-c2nc(-c3cccc(Cl)c3)no2)c1O. The summed E-state index contributed by atoms with van der Waals surface area (Å²) in [5.41, 5.74) is 1.15. The van der Waals surface area contributed by atoms with Crippen molar-refractivity contribution in [1.82, 2.24) is 10.1 Å². The molecule has 0 atom stereocenters. The fourth-order valence-electron chi connectivity index (χ4n) is 1.94. The van der Waals surface area contributed by atoms with E-state index >= 15 is 0 Å². The molecule has 3 rings (SSSR count). The molecule has 3 aromatic rings. The van der Waals surface area contributed by atoms with Gasteiger partial charge in [0.25, 0.3) is 5.89 Å². The minimum Gasteiger partial charge on any atom is -0.504 e. The fraction of sp³-hybridized carbons (Fsp3) is 0.0667. The van der Waals surface area contributed by atoms with Gasteiger partial charge in [-0.1, -0.05) is 35.0 Å². The second-order valence-electron chi connectivity index (χ2n) is 4.29. The van der Waals surface area contributed by atoms with E-state index in [1.54, 1.807) is 36.4 Å². The van der Waals surface area contributed by atoms with Crippen molar-refractivity contribution in [2.24, 2.45) is 0 Å². The molecule has 0 aliphatic heterocycles. The molecule has 0 saturated heterocycles. The summed E-state index contributed by atoms with van der Waals surface area (Å²) in [6.07, 6.45) is 0. The van der Waals surface area contributed by atoms with E-state index in [0.29, 0.717) is 22.2 Å². The first-order valence-electron chi connectivity index (χ1n) is 6.15. The smallest absolute Gasteiger partial charge is 0.262 e. The number of methoxy groups -OCH3 is 1. The maximum atomic E-state index is 10.1. The molecule has 0 radical (unpaired) electrons. The van der Waals surface area contributed by atoms with Crippen LogP contribution in [0.5, 0.6) is 11.5 Å². The van der Waals surface area contributed by atoms with E-state index in [2.05, 4.69) is 10.1 Å². The maximum absolute atomic E-state index is 10.1. The molecule has 0 bridgehead atoms. The van der Waals surface area contributed by atoms with E-state index in [0.717, 1.165) is 5.56 Å². The zero-order valence-corrected chi connectivity index (χ0v) is 11.8. The highest BCUT2D eigenvalue weighted by Gasteiger charge is 2.16. The van der Waals surface area contributed by atoms with Gasteiger partial charge in [0, 0.05) is 10.6 Å². The first-order chi connectivity index (χ1) is 10.2. The Balaban J connectivity index is 2.03. The predicted octanol–water partition coefficient (Wildman–Crippen LogP) is 3.77. The van der Waals surface area contributed by atoms with Gasteiger partial charge in [-0.3, -0.25) is 0 Å². The molecular formula is C15H11ClN2O3. The van der Waals surface area contributed by atoms with Crippen LogP contribution >= 0.6 is 11.6 Å². The minimum atomic E-state index is -0.0405. The van der Waals surface area contributed by atoms with Gasteiger partial charge in [-0.05, 0) is 24.3 Å². The lowest BCUT2D eigenvalue weighted by Gasteiger charge is -2.04. The van der Waals surface area contributed by atoms with Crippen LogP contribution in [0.4, 0.5) is 0 Å². The molecule has 21 heavy (non-hydrogen) atoms. The third-order valence-corrected chi connectivity index (χ3v) is 3.19. The number of halogens is 1. The van der Waals surface area contributed by atoms with Crippen LogP contribution in [0, 0.1) is 0 Å². The van der Waals surface area contributed by atoms with Crippen LogP contribution in [-0.4, -0.2) is 22.4 Å². The largest absolute Gasteiger partial charge is 0.504 e. The quantitative estimate of drug-likeness (QED) is 0.797. The molecule has 5 nitrogen and oxygen atoms in total. The van der Waals surface area contributed by atoms with Crippen LogP contribution in [0.1, 0.15) is 0 Å². The number of aromatic hydroxyl groups is 1. The van der Waals surface area contributed by atoms with Crippen molar-refractivity contribution < 1.29 is 14.4 Å². The zero-order valence-electron chi connectivity index (χ0n) is 11.1. The monoisotopic (exact) mass is 302 g/mol. The molecule has 0 saturated carbocycles. The van der Waals surface area contributed by atoms with Crippen molar-refractivity contribution >= 4 is 11.6 Å². The topological polar surface area (TPSA) is 68.4 Å². The third-order valence-electron chi connectivity index (χ3n) is 2.96. The molecule has 0 amide bonds. The molecule has 0 fully saturated rings. The Hall–Kier alpha value is -2.53. The number of hydrogen-bond donors (Lipinski definition) is 1. The average molecular weight is 303 g/mol. The maximum Gasteiger partial charge on any atom is 0.262 e. The lowest BCUT2D eigenvalue weighted by atomic mass is 10.2. The summed E-state index contributed by atoms with van der Waals surface area (Å²) >= 11 is 5.94. The van der Waals surface area contributed by atoms with Crippen molar-refractivity contribution in [2.75, 3.05) is 7.11 Å². The van der Waals surface area contributed by atoms with E-state index in [4.69, 9.17) is 20.9 Å². The van der Waals surface area contributed by atoms with Crippen LogP contribution in [0.25, 0.3) is 22.8 Å². The zero-order chi connectivity index (χ0) is 14.8. The van der Waals surface area contributed by atoms with Crippen molar-refractivity contribution in [3.63, 3.8) is 0 Å². The molecule has 0 aliphatic carbocycles. The summed E-state index contributed by atoms with van der Waals surface area (Å²) in [6, 6.07) is 12.2. The third kappa shape index (κ3) is 2.55. The van der Waals surface area contributed by atoms with Crippen molar-refractivity contribution in [3.8, 4) is 34.3 Å². The Labute approximate surface area is 125 Å². The van der Waals surface area contributed by atoms with Gasteiger partial charge in [-0.15, -0.1) is 0 Å². The number of benzene rings is 2. The van der Waals surface area contributed by atoms with Crippen molar-refractivity contribution in [2.45, 2.75) is 0 Å². The number of ether oxygens (including phenoxy) is 1. The van der Waals surface area contributed by atoms with Gasteiger partial charge in [0.2, 0.25) is 5.82 Å². The van der Waals surface area contributed by atoms with E-state index in [1.807, 2.05) is 6.07 Å². The summed E-state index contributed by atoms with van der Waals surface area (Å²) in [7, 11) is 1.48. The van der Waals surface area contributed by atoms with Gasteiger partial charge in [0.1, 0.15) is 0 Å². The van der Waals surface area contributed by atoms with Crippen LogP contribution in [0.3, 0.4) is 0 Å². The van der Waals surface area contributed by atoms with E-state index < -0.39 is 0 Å². The number of para-hydroxylation sites is 1. The summed E-state index contributed by atoms with van der Waals surface area (Å²) in [5.74, 6) is 0.910. The highest BCUT2D eigenvalue weighted by molar-refractivity contribution is 6.30. The molecule has 106 valence electrons. The summed E-state index contributed by atoms with van der Waals surface area (Å²) in [6.45, 7) is 0. The minimum absolute atomic E-state index is 0.0405. The number of rotatable bonds is 3. The Morgan fingerprint density at radius 3 is 2.76 bits per heavy atom. The van der Waals surface area contributed by atoms with Crippen LogP contribution in [-0.2, 0) is 0 Å². The first kappa shape index (κ1) is 13.5. The first-order valence-corrected chi connectivity index (χ1v) is 6.53. The summed E-state index contributed by atoms with van der Waals surface area (Å²) < 4.78 is 10.3. The van der Waals surface area contributed by atoms with Crippen LogP contribution in [0.2, 0.25) is 5.02 Å². The molecule has 0 aliphatic rings. The Bertz CT molecular complexity index is 786. The van der Waals surface area contributed by atoms with Gasteiger partial charge in [0.05, 0.1) is 12.7 Å². The van der Waals surface area contributed by atoms with Gasteiger partial charge in [-0.25, -0.2) is 0 Å². The molecule has 1 aromatic heterocycles. The molecule has 0 unspecified atom stereocenters. The van der Waals surface area contributed by atoms with Gasteiger partial charge in [-0.2, -0.15) is 4.98 Å². The second kappa shape index (κ2) is 5.46. The second-order valence-corrected chi connectivity index (χ2v) is 4.73. The van der Waals surface area contributed by atoms with Crippen molar-refractivity contribution in [3.05, 3.63) is 47.5 Å². The van der Waals surface area contributed by atoms with Gasteiger partial charge >= 0.3 is 0 Å². The molecular weight excluding hydrogens is 292 g/mol. The standard InChI is InChI=1S/C15H11ClN2O3/c1-20-12-7-3-6-11(13(12)19)15-17-14(18-21-15)9-4-2-5-10(16)8-9/h2-8,19H,1H3. The molecule has 1 N–H and O–H groups in total. The molecule has 1 heterocycles. The van der Waals surface area contributed by atoms with Crippen molar-refractivity contribution in [1.29, 1.82) is 0 Å². The number of hydrogen-bond acceptors (Lipinski definition) is 5. The Kier molecular flexibility index (Phi) is 3.50. The van der Waals surface area contributed by atoms with E-state index in [1.165, 1.54) is 7.11 Å². The molecule has 2 aromatic carbocycles. The lowest BCUT2D eigenvalue weighted by Crippen LogP contribution is -1.86. The molecule has 6 heteroatoms. The van der Waals surface area contributed by atoms with Gasteiger partial charge in [0.15, 0.2) is 11.5 Å². The molecule has 0 spiro atoms. The average Bonchev–Trinajstić information content (AvgIpc) is 2.97.